The second-order valence-corrected chi connectivity index (χ2v) is 5.93. The van der Waals surface area contributed by atoms with Gasteiger partial charge >= 0.3 is 0 Å². The lowest BCUT2D eigenvalue weighted by atomic mass is 9.88. The number of benzene rings is 1. The average Bonchev–Trinajstić information content (AvgIpc) is 2.31. The lowest BCUT2D eigenvalue weighted by molar-refractivity contribution is 0.114. The molecule has 1 aliphatic rings. The van der Waals surface area contributed by atoms with Gasteiger partial charge in [0.05, 0.1) is 0 Å². The SMILES string of the molecule is Cc1cc(C)c(C)c(C2CN(C)CCN2C)c1C. The van der Waals surface area contributed by atoms with Crippen molar-refractivity contribution in [1.29, 1.82) is 0 Å². The van der Waals surface area contributed by atoms with E-state index in [-0.39, 0.29) is 0 Å². The van der Waals surface area contributed by atoms with Crippen LogP contribution in [0.2, 0.25) is 0 Å². The smallest absolute Gasteiger partial charge is 0.0478 e. The minimum Gasteiger partial charge on any atom is -0.303 e. The fraction of sp³-hybridized carbons (Fsp3) is 0.625. The van der Waals surface area contributed by atoms with Crippen LogP contribution in [-0.4, -0.2) is 43.5 Å². The Hall–Kier alpha value is -0.860. The average molecular weight is 246 g/mol. The third-order valence-corrected chi connectivity index (χ3v) is 4.61. The van der Waals surface area contributed by atoms with Crippen LogP contribution in [0.15, 0.2) is 6.07 Å². The summed E-state index contributed by atoms with van der Waals surface area (Å²) in [7, 11) is 4.49. The van der Waals surface area contributed by atoms with Crippen molar-refractivity contribution in [3.05, 3.63) is 33.9 Å². The molecular weight excluding hydrogens is 220 g/mol. The summed E-state index contributed by atoms with van der Waals surface area (Å²) in [5.41, 5.74) is 7.36. The molecule has 0 spiro atoms. The van der Waals surface area contributed by atoms with E-state index in [0.717, 1.165) is 13.1 Å². The van der Waals surface area contributed by atoms with Crippen LogP contribution in [0.4, 0.5) is 0 Å². The van der Waals surface area contributed by atoms with Crippen molar-refractivity contribution in [1.82, 2.24) is 9.80 Å². The highest BCUT2D eigenvalue weighted by molar-refractivity contribution is 5.46. The number of aryl methyl sites for hydroxylation is 2. The summed E-state index contributed by atoms with van der Waals surface area (Å²) in [5, 5.41) is 0. The summed E-state index contributed by atoms with van der Waals surface area (Å²) in [4.78, 5) is 4.95. The number of hydrogen-bond acceptors (Lipinski definition) is 2. The van der Waals surface area contributed by atoms with Gasteiger partial charge in [0, 0.05) is 25.7 Å². The summed E-state index contributed by atoms with van der Waals surface area (Å²) in [6, 6.07) is 2.86. The molecule has 1 unspecified atom stereocenters. The summed E-state index contributed by atoms with van der Waals surface area (Å²) in [5.74, 6) is 0. The van der Waals surface area contributed by atoms with Gasteiger partial charge in [-0.15, -0.1) is 0 Å². The maximum absolute atomic E-state index is 2.51. The number of hydrogen-bond donors (Lipinski definition) is 0. The normalized spacial score (nSPS) is 22.4. The Morgan fingerprint density at radius 3 is 2.06 bits per heavy atom. The molecule has 2 nitrogen and oxygen atoms in total. The van der Waals surface area contributed by atoms with Crippen molar-refractivity contribution < 1.29 is 0 Å². The number of rotatable bonds is 1. The van der Waals surface area contributed by atoms with E-state index in [4.69, 9.17) is 0 Å². The molecule has 1 aliphatic heterocycles. The largest absolute Gasteiger partial charge is 0.303 e. The molecule has 0 amide bonds. The Balaban J connectivity index is 2.49. The third kappa shape index (κ3) is 2.32. The van der Waals surface area contributed by atoms with Crippen LogP contribution in [0.3, 0.4) is 0 Å². The van der Waals surface area contributed by atoms with Crippen LogP contribution in [0.25, 0.3) is 0 Å². The van der Waals surface area contributed by atoms with E-state index in [0.29, 0.717) is 6.04 Å². The van der Waals surface area contributed by atoms with Crippen LogP contribution < -0.4 is 0 Å². The Kier molecular flexibility index (Phi) is 3.79. The van der Waals surface area contributed by atoms with Crippen LogP contribution in [0.1, 0.15) is 33.9 Å². The van der Waals surface area contributed by atoms with E-state index in [9.17, 15) is 0 Å². The monoisotopic (exact) mass is 246 g/mol. The minimum absolute atomic E-state index is 0.544. The van der Waals surface area contributed by atoms with Crippen molar-refractivity contribution >= 4 is 0 Å². The zero-order valence-electron chi connectivity index (χ0n) is 12.7. The van der Waals surface area contributed by atoms with Crippen molar-refractivity contribution in [3.8, 4) is 0 Å². The summed E-state index contributed by atoms with van der Waals surface area (Å²) in [6.45, 7) is 12.5. The highest BCUT2D eigenvalue weighted by Crippen LogP contribution is 2.32. The maximum atomic E-state index is 2.51. The van der Waals surface area contributed by atoms with Crippen molar-refractivity contribution in [3.63, 3.8) is 0 Å². The number of piperazine rings is 1. The first-order valence-electron chi connectivity index (χ1n) is 6.88. The standard InChI is InChI=1S/C16H26N2/c1-11-9-12(2)14(4)16(13(11)3)15-10-17(5)7-8-18(15)6/h9,15H,7-8,10H2,1-6H3. The molecule has 2 heteroatoms. The van der Waals surface area contributed by atoms with E-state index < -0.39 is 0 Å². The van der Waals surface area contributed by atoms with Gasteiger partial charge in [0.1, 0.15) is 0 Å². The van der Waals surface area contributed by atoms with Gasteiger partial charge in [-0.25, -0.2) is 0 Å². The zero-order chi connectivity index (χ0) is 13.4. The van der Waals surface area contributed by atoms with Gasteiger partial charge in [0.2, 0.25) is 0 Å². The Morgan fingerprint density at radius 1 is 0.944 bits per heavy atom. The first kappa shape index (κ1) is 13.6. The third-order valence-electron chi connectivity index (χ3n) is 4.61. The Morgan fingerprint density at radius 2 is 1.50 bits per heavy atom. The van der Waals surface area contributed by atoms with Gasteiger partial charge < -0.3 is 4.90 Å². The second-order valence-electron chi connectivity index (χ2n) is 5.93. The van der Waals surface area contributed by atoms with Gasteiger partial charge in [-0.2, -0.15) is 0 Å². The highest BCUT2D eigenvalue weighted by Gasteiger charge is 2.27. The Labute approximate surface area is 112 Å². The van der Waals surface area contributed by atoms with E-state index in [1.807, 2.05) is 0 Å². The molecule has 1 atom stereocenters. The van der Waals surface area contributed by atoms with E-state index in [2.05, 4.69) is 57.7 Å². The van der Waals surface area contributed by atoms with Gasteiger partial charge in [0.25, 0.3) is 0 Å². The molecule has 0 aliphatic carbocycles. The molecule has 0 N–H and O–H groups in total. The molecule has 18 heavy (non-hydrogen) atoms. The predicted molar refractivity (Wildman–Crippen MR) is 78.3 cm³/mol. The Bertz CT molecular complexity index is 425. The molecule has 1 aromatic rings. The maximum Gasteiger partial charge on any atom is 0.0478 e. The summed E-state index contributed by atoms with van der Waals surface area (Å²) < 4.78 is 0. The summed E-state index contributed by atoms with van der Waals surface area (Å²) >= 11 is 0. The fourth-order valence-corrected chi connectivity index (χ4v) is 3.07. The van der Waals surface area contributed by atoms with Gasteiger partial charge in [-0.1, -0.05) is 6.07 Å². The molecule has 2 rings (SSSR count). The van der Waals surface area contributed by atoms with Crippen molar-refractivity contribution in [2.45, 2.75) is 33.7 Å². The molecule has 0 aromatic heterocycles. The predicted octanol–water partition coefficient (Wildman–Crippen LogP) is 2.84. The van der Waals surface area contributed by atoms with Gasteiger partial charge in [0.15, 0.2) is 0 Å². The molecular formula is C16H26N2. The fourth-order valence-electron chi connectivity index (χ4n) is 3.07. The van der Waals surface area contributed by atoms with Crippen LogP contribution in [0, 0.1) is 27.7 Å². The van der Waals surface area contributed by atoms with Crippen molar-refractivity contribution in [2.75, 3.05) is 33.7 Å². The van der Waals surface area contributed by atoms with E-state index >= 15 is 0 Å². The first-order chi connectivity index (χ1) is 8.41. The zero-order valence-corrected chi connectivity index (χ0v) is 12.7. The minimum atomic E-state index is 0.544. The van der Waals surface area contributed by atoms with Gasteiger partial charge in [-0.3, -0.25) is 4.90 Å². The molecule has 1 fully saturated rings. The van der Waals surface area contributed by atoms with Crippen LogP contribution >= 0.6 is 0 Å². The number of likely N-dealkylation sites (N-methyl/N-ethyl adjacent to an activating group) is 2. The lowest BCUT2D eigenvalue weighted by Crippen LogP contribution is -2.45. The van der Waals surface area contributed by atoms with Crippen molar-refractivity contribution in [2.24, 2.45) is 0 Å². The molecule has 0 saturated carbocycles. The van der Waals surface area contributed by atoms with E-state index in [1.54, 1.807) is 5.56 Å². The molecule has 1 aromatic carbocycles. The molecule has 0 radical (unpaired) electrons. The first-order valence-corrected chi connectivity index (χ1v) is 6.88. The van der Waals surface area contributed by atoms with E-state index in [1.165, 1.54) is 28.8 Å². The van der Waals surface area contributed by atoms with Crippen LogP contribution in [-0.2, 0) is 0 Å². The lowest BCUT2D eigenvalue weighted by Gasteiger charge is -2.39. The highest BCUT2D eigenvalue weighted by atomic mass is 15.3. The van der Waals surface area contributed by atoms with Gasteiger partial charge in [-0.05, 0) is 69.6 Å². The molecule has 100 valence electrons. The molecule has 0 bridgehead atoms. The number of nitrogens with zero attached hydrogens (tertiary/aromatic N) is 2. The molecule has 1 saturated heterocycles. The topological polar surface area (TPSA) is 6.48 Å². The van der Waals surface area contributed by atoms with Crippen LogP contribution in [0.5, 0.6) is 0 Å². The second kappa shape index (κ2) is 5.02. The summed E-state index contributed by atoms with van der Waals surface area (Å²) in [6.07, 6.45) is 0. The quantitative estimate of drug-likeness (QED) is 0.752. The molecule has 1 heterocycles.